The van der Waals surface area contributed by atoms with Gasteiger partial charge in [-0.25, -0.2) is 9.69 Å². The van der Waals surface area contributed by atoms with E-state index >= 15 is 0 Å². The average molecular weight is 430 g/mol. The van der Waals surface area contributed by atoms with Gasteiger partial charge in [-0.1, -0.05) is 28.1 Å². The third-order valence-electron chi connectivity index (χ3n) is 3.86. The Labute approximate surface area is 163 Å². The Hall–Kier alpha value is -3.13. The number of rotatable bonds is 4. The van der Waals surface area contributed by atoms with Crippen LogP contribution < -0.4 is 10.6 Å². The lowest BCUT2D eigenvalue weighted by atomic mass is 10.1. The highest BCUT2D eigenvalue weighted by Crippen LogP contribution is 2.25. The first-order chi connectivity index (χ1) is 12.8. The smallest absolute Gasteiger partial charge is 0.329 e. The second kappa shape index (κ2) is 7.63. The van der Waals surface area contributed by atoms with Gasteiger partial charge in [0.1, 0.15) is 18.0 Å². The minimum atomic E-state index is -0.694. The molecule has 0 aliphatic carbocycles. The molecule has 7 nitrogen and oxygen atoms in total. The molecular weight excluding hydrogens is 414 g/mol. The molecule has 1 aliphatic heterocycles. The molecule has 4 amide bonds. The number of carbonyl (C=O) groups is 3. The minimum Gasteiger partial charge on any atom is -0.507 e. The van der Waals surface area contributed by atoms with Crippen molar-refractivity contribution in [1.82, 2.24) is 10.2 Å². The van der Waals surface area contributed by atoms with Crippen LogP contribution in [0.4, 0.5) is 10.5 Å². The standard InChI is InChI=1S/C19H16BrN3O4/c1-11-3-2-4-14(7-11)21-17(25)10-23-18(26)15(22-19(23)27)9-12-8-13(20)5-6-16(12)24/h2-9,24H,10H2,1H3,(H,21,25)(H,22,27)/b15-9-. The van der Waals surface area contributed by atoms with Crippen molar-refractivity contribution in [2.75, 3.05) is 11.9 Å². The van der Waals surface area contributed by atoms with Gasteiger partial charge in [-0.2, -0.15) is 0 Å². The number of hydrogen-bond acceptors (Lipinski definition) is 4. The third kappa shape index (κ3) is 4.35. The van der Waals surface area contributed by atoms with Crippen molar-refractivity contribution in [2.45, 2.75) is 6.92 Å². The summed E-state index contributed by atoms with van der Waals surface area (Å²) in [5.41, 5.74) is 1.90. The van der Waals surface area contributed by atoms with E-state index in [1.165, 1.54) is 12.1 Å². The van der Waals surface area contributed by atoms with Gasteiger partial charge in [0.05, 0.1) is 0 Å². The number of anilines is 1. The summed E-state index contributed by atoms with van der Waals surface area (Å²) in [5, 5.41) is 15.0. The summed E-state index contributed by atoms with van der Waals surface area (Å²) in [7, 11) is 0. The Morgan fingerprint density at radius 2 is 2.04 bits per heavy atom. The molecular formula is C19H16BrN3O4. The summed E-state index contributed by atoms with van der Waals surface area (Å²) in [6.07, 6.45) is 1.36. The predicted molar refractivity (Wildman–Crippen MR) is 104 cm³/mol. The van der Waals surface area contributed by atoms with Crippen molar-refractivity contribution in [1.29, 1.82) is 0 Å². The first-order valence-corrected chi connectivity index (χ1v) is 8.82. The Kier molecular flexibility index (Phi) is 5.27. The van der Waals surface area contributed by atoms with Crippen LogP contribution in [0.25, 0.3) is 6.08 Å². The van der Waals surface area contributed by atoms with Crippen LogP contribution in [-0.2, 0) is 9.59 Å². The fraction of sp³-hybridized carbons (Fsp3) is 0.105. The molecule has 1 heterocycles. The molecule has 138 valence electrons. The molecule has 1 fully saturated rings. The molecule has 0 spiro atoms. The molecule has 0 atom stereocenters. The van der Waals surface area contributed by atoms with E-state index in [-0.39, 0.29) is 11.4 Å². The Balaban J connectivity index is 1.73. The predicted octanol–water partition coefficient (Wildman–Crippen LogP) is 2.99. The lowest BCUT2D eigenvalue weighted by Crippen LogP contribution is -2.38. The number of aryl methyl sites for hydroxylation is 1. The van der Waals surface area contributed by atoms with E-state index in [0.717, 1.165) is 10.5 Å². The summed E-state index contributed by atoms with van der Waals surface area (Å²) in [6.45, 7) is 1.47. The first-order valence-electron chi connectivity index (χ1n) is 8.03. The van der Waals surface area contributed by atoms with Crippen molar-refractivity contribution in [3.05, 3.63) is 63.8 Å². The SMILES string of the molecule is Cc1cccc(NC(=O)CN2C(=O)N/C(=C\c3cc(Br)ccc3O)C2=O)c1. The number of aromatic hydroxyl groups is 1. The molecule has 0 saturated carbocycles. The van der Waals surface area contributed by atoms with Crippen molar-refractivity contribution >= 4 is 45.5 Å². The fourth-order valence-electron chi connectivity index (χ4n) is 2.58. The number of amides is 4. The summed E-state index contributed by atoms with van der Waals surface area (Å²) in [5.74, 6) is -1.17. The van der Waals surface area contributed by atoms with Gasteiger partial charge >= 0.3 is 6.03 Å². The van der Waals surface area contributed by atoms with Crippen LogP contribution >= 0.6 is 15.9 Å². The van der Waals surface area contributed by atoms with Crippen LogP contribution in [0.15, 0.2) is 52.6 Å². The zero-order chi connectivity index (χ0) is 19.6. The topological polar surface area (TPSA) is 98.7 Å². The van der Waals surface area contributed by atoms with Gasteiger partial charge in [-0.3, -0.25) is 9.59 Å². The molecule has 27 heavy (non-hydrogen) atoms. The lowest BCUT2D eigenvalue weighted by Gasteiger charge is -2.12. The van der Waals surface area contributed by atoms with Gasteiger partial charge in [0.25, 0.3) is 5.91 Å². The summed E-state index contributed by atoms with van der Waals surface area (Å²) in [6, 6.07) is 11.2. The average Bonchev–Trinajstić information content (AvgIpc) is 2.85. The maximum atomic E-state index is 12.5. The summed E-state index contributed by atoms with van der Waals surface area (Å²) < 4.78 is 0.707. The second-order valence-electron chi connectivity index (χ2n) is 6.00. The van der Waals surface area contributed by atoms with Gasteiger partial charge in [-0.05, 0) is 48.9 Å². The highest BCUT2D eigenvalue weighted by molar-refractivity contribution is 9.10. The van der Waals surface area contributed by atoms with Crippen molar-refractivity contribution < 1.29 is 19.5 Å². The Morgan fingerprint density at radius 1 is 1.26 bits per heavy atom. The third-order valence-corrected chi connectivity index (χ3v) is 4.35. The molecule has 3 N–H and O–H groups in total. The maximum Gasteiger partial charge on any atom is 0.329 e. The van der Waals surface area contributed by atoms with E-state index in [1.807, 2.05) is 13.0 Å². The number of hydrogen-bond donors (Lipinski definition) is 3. The molecule has 0 radical (unpaired) electrons. The van der Waals surface area contributed by atoms with Gasteiger partial charge in [0.15, 0.2) is 0 Å². The zero-order valence-electron chi connectivity index (χ0n) is 14.3. The molecule has 2 aromatic rings. The van der Waals surface area contributed by atoms with E-state index in [0.29, 0.717) is 15.7 Å². The van der Waals surface area contributed by atoms with E-state index in [4.69, 9.17) is 0 Å². The molecule has 1 aliphatic rings. The molecule has 0 unspecified atom stereocenters. The van der Waals surface area contributed by atoms with Crippen molar-refractivity contribution in [3.63, 3.8) is 0 Å². The Morgan fingerprint density at radius 3 is 2.78 bits per heavy atom. The van der Waals surface area contributed by atoms with E-state index < -0.39 is 24.4 Å². The largest absolute Gasteiger partial charge is 0.507 e. The monoisotopic (exact) mass is 429 g/mol. The Bertz CT molecular complexity index is 971. The molecule has 8 heteroatoms. The van der Waals surface area contributed by atoms with Gasteiger partial charge in [0.2, 0.25) is 5.91 Å². The molecule has 0 bridgehead atoms. The number of nitrogens with zero attached hydrogens (tertiary/aromatic N) is 1. The number of benzene rings is 2. The molecule has 1 saturated heterocycles. The number of phenols is 1. The van der Waals surface area contributed by atoms with Crippen LogP contribution in [0, 0.1) is 6.92 Å². The number of nitrogens with one attached hydrogen (secondary N) is 2. The molecule has 0 aromatic heterocycles. The quantitative estimate of drug-likeness (QED) is 0.513. The van der Waals surface area contributed by atoms with Crippen molar-refractivity contribution in [3.8, 4) is 5.75 Å². The number of urea groups is 1. The van der Waals surface area contributed by atoms with Crippen LogP contribution in [0.5, 0.6) is 5.75 Å². The van der Waals surface area contributed by atoms with Gasteiger partial charge < -0.3 is 15.7 Å². The van der Waals surface area contributed by atoms with E-state index in [1.54, 1.807) is 30.3 Å². The van der Waals surface area contributed by atoms with Crippen LogP contribution in [0.2, 0.25) is 0 Å². The van der Waals surface area contributed by atoms with Crippen molar-refractivity contribution in [2.24, 2.45) is 0 Å². The summed E-state index contributed by atoms with van der Waals surface area (Å²) in [4.78, 5) is 37.5. The van der Waals surface area contributed by atoms with Crippen LogP contribution in [0.3, 0.4) is 0 Å². The molecule has 2 aromatic carbocycles. The zero-order valence-corrected chi connectivity index (χ0v) is 15.9. The maximum absolute atomic E-state index is 12.5. The highest BCUT2D eigenvalue weighted by Gasteiger charge is 2.35. The van der Waals surface area contributed by atoms with Gasteiger partial charge in [-0.15, -0.1) is 0 Å². The summed E-state index contributed by atoms with van der Waals surface area (Å²) >= 11 is 3.28. The number of halogens is 1. The van der Waals surface area contributed by atoms with E-state index in [2.05, 4.69) is 26.6 Å². The van der Waals surface area contributed by atoms with Crippen LogP contribution in [0.1, 0.15) is 11.1 Å². The van der Waals surface area contributed by atoms with Gasteiger partial charge in [0, 0.05) is 15.7 Å². The van der Waals surface area contributed by atoms with Crippen LogP contribution in [-0.4, -0.2) is 34.4 Å². The number of carbonyl (C=O) groups excluding carboxylic acids is 3. The minimum absolute atomic E-state index is 0.0169. The first kappa shape index (κ1) is 18.7. The number of imide groups is 1. The molecule has 3 rings (SSSR count). The number of phenolic OH excluding ortho intramolecular Hbond substituents is 1. The fourth-order valence-corrected chi connectivity index (χ4v) is 2.96. The van der Waals surface area contributed by atoms with E-state index in [9.17, 15) is 19.5 Å². The lowest BCUT2D eigenvalue weighted by molar-refractivity contribution is -0.127. The second-order valence-corrected chi connectivity index (χ2v) is 6.92. The normalized spacial score (nSPS) is 15.2. The highest BCUT2D eigenvalue weighted by atomic mass is 79.9.